The molecule has 17 rings (SSSR count). The number of hydrogen-bond donors (Lipinski definition) is 2. The smallest absolute Gasteiger partial charge is 0.354 e. The molecule has 0 spiro atoms. The molecule has 2 aliphatic heterocycles. The summed E-state index contributed by atoms with van der Waals surface area (Å²) in [5.74, 6) is 0. The summed E-state index contributed by atoms with van der Waals surface area (Å²) in [4.78, 5) is 20.2. The number of fused-ring (bicyclic) bond motifs is 12. The molecular weight excluding hydrogens is 1130 g/mol. The predicted octanol–water partition coefficient (Wildman–Crippen LogP) is 22.9. The van der Waals surface area contributed by atoms with E-state index < -0.39 is 0 Å². The molecule has 4 nitrogen and oxygen atoms in total. The minimum Gasteiger partial charge on any atom is -0.354 e. The Labute approximate surface area is 532 Å². The number of nitrogens with one attached hydrogen (secondary N) is 2. The zero-order valence-corrected chi connectivity index (χ0v) is 50.4. The van der Waals surface area contributed by atoms with Crippen LogP contribution in [0.15, 0.2) is 285 Å². The molecule has 2 aliphatic rings. The van der Waals surface area contributed by atoms with Gasteiger partial charge in [0.25, 0.3) is 0 Å². The number of aromatic amines is 2. The molecule has 0 saturated heterocycles. The second-order valence-electron chi connectivity index (χ2n) is 23.2. The molecule has 0 unspecified atom stereocenters. The van der Waals surface area contributed by atoms with E-state index in [9.17, 15) is 0 Å². The van der Waals surface area contributed by atoms with Crippen LogP contribution in [0.1, 0.15) is 28.3 Å². The second kappa shape index (κ2) is 22.5. The van der Waals surface area contributed by atoms with Gasteiger partial charge in [-0.05, 0) is 171 Å². The topological polar surface area (TPSA) is 57.4 Å². The van der Waals surface area contributed by atoms with E-state index in [-0.39, 0.29) is 17.1 Å². The van der Waals surface area contributed by atoms with E-state index in [4.69, 9.17) is 9.97 Å². The Bertz CT molecular complexity index is 5520. The molecule has 5 heteroatoms. The molecule has 3 aromatic heterocycles. The third kappa shape index (κ3) is 9.13. The average Bonchev–Trinajstić information content (AvgIpc) is 1.96. The quantitative estimate of drug-likeness (QED) is 0.149. The van der Waals surface area contributed by atoms with Crippen LogP contribution >= 0.6 is 0 Å². The van der Waals surface area contributed by atoms with Crippen LogP contribution < -0.4 is 0 Å². The molecule has 8 bridgehead atoms. The number of nitrogens with zero attached hydrogens (tertiary/aromatic N) is 2. The second-order valence-corrected chi connectivity index (χ2v) is 23.2. The van der Waals surface area contributed by atoms with Crippen molar-refractivity contribution >= 4 is 89.5 Å². The van der Waals surface area contributed by atoms with Crippen LogP contribution in [0, 0.1) is 6.92 Å². The first kappa shape index (κ1) is 54.2. The summed E-state index contributed by atoms with van der Waals surface area (Å²) in [6.07, 6.45) is 8.91. The Morgan fingerprint density at radius 2 is 0.456 bits per heavy atom. The van der Waals surface area contributed by atoms with Crippen LogP contribution in [0.3, 0.4) is 0 Å². The fraction of sp³-hybridized carbons (Fsp3) is 0.0118. The van der Waals surface area contributed by atoms with Gasteiger partial charge in [-0.1, -0.05) is 261 Å². The SMILES string of the molecule is Cc1cccc(-c2cccc3ccccc23)c1-c1c2nc(c(-c3ccccc3-c3cccc4ccccc34)c3ccc([nH]3)c(-c3ccccc3-c3cccc4ccccc34)c3nc(c(-c4ccccc4-c4cccc5ccccc45)c4ccc1[nH]4)C=C3)C=C2.[Mn+3]. The Morgan fingerprint density at radius 3 is 0.811 bits per heavy atom. The van der Waals surface area contributed by atoms with Crippen molar-refractivity contribution in [1.82, 2.24) is 19.9 Å². The van der Waals surface area contributed by atoms with Gasteiger partial charge in [0.2, 0.25) is 0 Å². The van der Waals surface area contributed by atoms with Gasteiger partial charge in [0.1, 0.15) is 0 Å². The normalized spacial score (nSPS) is 11.9. The van der Waals surface area contributed by atoms with Gasteiger partial charge in [-0.15, -0.1) is 0 Å². The van der Waals surface area contributed by atoms with Gasteiger partial charge in [-0.2, -0.15) is 0 Å². The third-order valence-corrected chi connectivity index (χ3v) is 18.2. The number of H-pyrrole nitrogens is 2. The summed E-state index contributed by atoms with van der Waals surface area (Å²) < 4.78 is 0. The van der Waals surface area contributed by atoms with Crippen molar-refractivity contribution in [2.24, 2.45) is 0 Å². The molecule has 0 fully saturated rings. The number of aromatic nitrogens is 4. The zero-order valence-electron chi connectivity index (χ0n) is 49.2. The molecule has 5 heterocycles. The van der Waals surface area contributed by atoms with Gasteiger partial charge < -0.3 is 9.97 Å². The third-order valence-electron chi connectivity index (χ3n) is 18.2. The first-order valence-corrected chi connectivity index (χ1v) is 30.5. The van der Waals surface area contributed by atoms with Crippen molar-refractivity contribution in [3.8, 4) is 89.0 Å². The zero-order chi connectivity index (χ0) is 58.9. The van der Waals surface area contributed by atoms with Gasteiger partial charge in [0, 0.05) is 44.3 Å². The molecule has 420 valence electrons. The number of aryl methyl sites for hydroxylation is 1. The summed E-state index contributed by atoms with van der Waals surface area (Å²) in [6.45, 7) is 2.24. The fourth-order valence-corrected chi connectivity index (χ4v) is 14.2. The van der Waals surface area contributed by atoms with Crippen LogP contribution in [0.4, 0.5) is 0 Å². The van der Waals surface area contributed by atoms with E-state index in [1.165, 1.54) is 43.1 Å². The molecule has 0 aliphatic carbocycles. The van der Waals surface area contributed by atoms with Crippen LogP contribution in [0.25, 0.3) is 178 Å². The summed E-state index contributed by atoms with van der Waals surface area (Å²) in [7, 11) is 0. The van der Waals surface area contributed by atoms with Gasteiger partial charge in [0.15, 0.2) is 0 Å². The minimum absolute atomic E-state index is 0. The predicted molar refractivity (Wildman–Crippen MR) is 377 cm³/mol. The van der Waals surface area contributed by atoms with E-state index in [1.807, 2.05) is 0 Å². The first-order chi connectivity index (χ1) is 44.1. The van der Waals surface area contributed by atoms with E-state index in [0.29, 0.717) is 0 Å². The summed E-state index contributed by atoms with van der Waals surface area (Å²) in [6, 6.07) is 104. The molecule has 90 heavy (non-hydrogen) atoms. The van der Waals surface area contributed by atoms with Gasteiger partial charge in [-0.25, -0.2) is 9.97 Å². The largest absolute Gasteiger partial charge is 3.00 e. The summed E-state index contributed by atoms with van der Waals surface area (Å²) in [5.41, 5.74) is 25.6. The van der Waals surface area contributed by atoms with Crippen molar-refractivity contribution in [1.29, 1.82) is 0 Å². The van der Waals surface area contributed by atoms with Crippen molar-refractivity contribution in [2.45, 2.75) is 6.92 Å². The maximum absolute atomic E-state index is 5.95. The first-order valence-electron chi connectivity index (χ1n) is 30.5. The van der Waals surface area contributed by atoms with E-state index in [2.05, 4.69) is 326 Å². The molecule has 0 radical (unpaired) electrons. The van der Waals surface area contributed by atoms with E-state index in [1.54, 1.807) is 0 Å². The van der Waals surface area contributed by atoms with Crippen molar-refractivity contribution in [3.63, 3.8) is 0 Å². The van der Waals surface area contributed by atoms with Crippen molar-refractivity contribution in [2.75, 3.05) is 0 Å². The standard InChI is InChI=1S/C85H56N4.Mn/c1-53-21-16-44-69(65-43-20-29-57-25-5-9-33-61(57)65)81(53)85-79-51-49-77(88-79)83(71-38-14-11-35-67(71)63-41-18-27-55-23-3-7-31-59(55)63)75-47-45-73(86-75)82(70-37-13-10-34-66(70)62-40-17-26-54-22-2-6-30-58(54)62)74-46-48-76(87-74)84(78-50-52-80(85)89-78)72-39-15-12-36-68(72)64-42-19-28-56-24-4-8-32-60(56)64;/h2-52,86,89H,1H3;/q;+3. The van der Waals surface area contributed by atoms with Crippen molar-refractivity contribution in [3.05, 3.63) is 313 Å². The molecule has 2 N–H and O–H groups in total. The maximum atomic E-state index is 5.95. The average molecular weight is 1190 g/mol. The molecule has 15 aromatic rings. The van der Waals surface area contributed by atoms with Gasteiger partial charge >= 0.3 is 17.1 Å². The van der Waals surface area contributed by atoms with E-state index in [0.717, 1.165) is 139 Å². The van der Waals surface area contributed by atoms with Gasteiger partial charge in [0.05, 0.1) is 22.8 Å². The maximum Gasteiger partial charge on any atom is 3.00 e. The molecule has 12 aromatic carbocycles. The van der Waals surface area contributed by atoms with Crippen LogP contribution in [0.5, 0.6) is 0 Å². The number of benzene rings is 12. The molecular formula is C85H56MnN4+3. The number of hydrogen-bond acceptors (Lipinski definition) is 2. The van der Waals surface area contributed by atoms with Crippen molar-refractivity contribution < 1.29 is 17.1 Å². The van der Waals surface area contributed by atoms with Crippen LogP contribution in [-0.4, -0.2) is 19.9 Å². The van der Waals surface area contributed by atoms with E-state index >= 15 is 0 Å². The number of rotatable bonds is 8. The monoisotopic (exact) mass is 1190 g/mol. The Morgan fingerprint density at radius 1 is 0.211 bits per heavy atom. The fourth-order valence-electron chi connectivity index (χ4n) is 14.2. The summed E-state index contributed by atoms with van der Waals surface area (Å²) in [5, 5.41) is 9.50. The minimum atomic E-state index is 0. The van der Waals surface area contributed by atoms with Crippen LogP contribution in [0.2, 0.25) is 0 Å². The Hall–Kier alpha value is -11.2. The Kier molecular flexibility index (Phi) is 13.6. The Balaban J connectivity index is 0.00000649. The summed E-state index contributed by atoms with van der Waals surface area (Å²) >= 11 is 0. The van der Waals surface area contributed by atoms with Crippen LogP contribution in [-0.2, 0) is 17.1 Å². The molecule has 0 amide bonds. The molecule has 0 saturated carbocycles. The van der Waals surface area contributed by atoms with Gasteiger partial charge in [-0.3, -0.25) is 0 Å². The molecule has 0 atom stereocenters.